The van der Waals surface area contributed by atoms with Gasteiger partial charge in [-0.25, -0.2) is 4.98 Å². The third-order valence-electron chi connectivity index (χ3n) is 3.60. The first kappa shape index (κ1) is 16.0. The van der Waals surface area contributed by atoms with Crippen LogP contribution in [0.3, 0.4) is 0 Å². The number of ether oxygens (including phenoxy) is 1. The van der Waals surface area contributed by atoms with Gasteiger partial charge in [0.15, 0.2) is 0 Å². The summed E-state index contributed by atoms with van der Waals surface area (Å²) in [6.07, 6.45) is 5.53. The van der Waals surface area contributed by atoms with Crippen molar-refractivity contribution in [2.45, 2.75) is 52.6 Å². The molecule has 0 radical (unpaired) electrons. The molecule has 1 aromatic heterocycles. The third kappa shape index (κ3) is 5.87. The van der Waals surface area contributed by atoms with Gasteiger partial charge in [0.25, 0.3) is 0 Å². The van der Waals surface area contributed by atoms with E-state index in [9.17, 15) is 0 Å². The number of rotatable bonds is 6. The van der Waals surface area contributed by atoms with Gasteiger partial charge in [-0.2, -0.15) is 4.98 Å². The van der Waals surface area contributed by atoms with Gasteiger partial charge in [-0.1, -0.05) is 12.8 Å². The molecule has 0 atom stereocenters. The lowest BCUT2D eigenvalue weighted by Gasteiger charge is -2.19. The topological polar surface area (TPSA) is 50.3 Å². The Kier molecular flexibility index (Phi) is 6.23. The number of aromatic nitrogens is 2. The number of nitrogens with one attached hydrogen (secondary N) is 1. The minimum atomic E-state index is 0.129. The summed E-state index contributed by atoms with van der Waals surface area (Å²) in [5, 5.41) is 3.32. The number of hydrogen-bond donors (Lipinski definition) is 1. The summed E-state index contributed by atoms with van der Waals surface area (Å²) in [6.45, 7) is 10.3. The molecule has 1 aromatic rings. The quantitative estimate of drug-likeness (QED) is 0.873. The van der Waals surface area contributed by atoms with Crippen molar-refractivity contribution >= 4 is 5.95 Å². The maximum atomic E-state index is 5.65. The number of anilines is 1. The van der Waals surface area contributed by atoms with Crippen LogP contribution in [-0.2, 0) is 0 Å². The lowest BCUT2D eigenvalue weighted by molar-refractivity contribution is 0.232. The second-order valence-corrected chi connectivity index (χ2v) is 6.02. The van der Waals surface area contributed by atoms with Gasteiger partial charge in [0.1, 0.15) is 0 Å². The zero-order valence-electron chi connectivity index (χ0n) is 13.6. The summed E-state index contributed by atoms with van der Waals surface area (Å²) < 4.78 is 5.65. The van der Waals surface area contributed by atoms with E-state index in [2.05, 4.69) is 20.2 Å². The predicted octanol–water partition coefficient (Wildman–Crippen LogP) is 2.86. The first-order chi connectivity index (χ1) is 10.1. The molecular formula is C16H28N4O. The molecule has 1 N–H and O–H groups in total. The van der Waals surface area contributed by atoms with Crippen molar-refractivity contribution in [3.63, 3.8) is 0 Å². The molecule has 21 heavy (non-hydrogen) atoms. The molecule has 0 aromatic carbocycles. The van der Waals surface area contributed by atoms with Crippen LogP contribution in [0.2, 0.25) is 0 Å². The van der Waals surface area contributed by atoms with E-state index in [0.717, 1.165) is 18.8 Å². The Morgan fingerprint density at radius 2 is 1.90 bits per heavy atom. The van der Waals surface area contributed by atoms with Gasteiger partial charge in [0.05, 0.1) is 6.10 Å². The summed E-state index contributed by atoms with van der Waals surface area (Å²) in [7, 11) is 0. The molecule has 1 fully saturated rings. The Balaban J connectivity index is 1.83. The number of nitrogens with zero attached hydrogens (tertiary/aromatic N) is 3. The first-order valence-electron chi connectivity index (χ1n) is 8.12. The lowest BCUT2D eigenvalue weighted by atomic mass is 10.2. The zero-order chi connectivity index (χ0) is 15.1. The van der Waals surface area contributed by atoms with E-state index in [1.54, 1.807) is 0 Å². The van der Waals surface area contributed by atoms with E-state index in [4.69, 9.17) is 4.74 Å². The molecule has 5 nitrogen and oxygen atoms in total. The van der Waals surface area contributed by atoms with Gasteiger partial charge in [0.2, 0.25) is 11.8 Å². The predicted molar refractivity (Wildman–Crippen MR) is 85.9 cm³/mol. The SMILES string of the molecule is Cc1cc(OC(C)C)nc(NCCN2CCCCCC2)n1. The summed E-state index contributed by atoms with van der Waals surface area (Å²) >= 11 is 0. The van der Waals surface area contributed by atoms with Crippen LogP contribution < -0.4 is 10.1 Å². The van der Waals surface area contributed by atoms with Gasteiger partial charge in [-0.15, -0.1) is 0 Å². The highest BCUT2D eigenvalue weighted by Gasteiger charge is 2.09. The fourth-order valence-electron chi connectivity index (χ4n) is 2.61. The molecule has 1 saturated heterocycles. The van der Waals surface area contributed by atoms with Crippen molar-refractivity contribution in [3.8, 4) is 5.88 Å². The summed E-state index contributed by atoms with van der Waals surface area (Å²) in [6, 6.07) is 1.87. The second kappa shape index (κ2) is 8.17. The molecule has 0 aliphatic carbocycles. The molecular weight excluding hydrogens is 264 g/mol. The van der Waals surface area contributed by atoms with Gasteiger partial charge >= 0.3 is 0 Å². The van der Waals surface area contributed by atoms with Crippen LogP contribution in [0.15, 0.2) is 6.07 Å². The number of aryl methyl sites for hydroxylation is 1. The van der Waals surface area contributed by atoms with Gasteiger partial charge in [-0.3, -0.25) is 0 Å². The molecule has 118 valence electrons. The molecule has 0 spiro atoms. The second-order valence-electron chi connectivity index (χ2n) is 6.02. The molecule has 0 bridgehead atoms. The van der Waals surface area contributed by atoms with E-state index in [1.165, 1.54) is 38.8 Å². The van der Waals surface area contributed by atoms with Gasteiger partial charge < -0.3 is 15.0 Å². The standard InChI is InChI=1S/C16H28N4O/c1-13(2)21-15-12-14(3)18-16(19-15)17-8-11-20-9-6-4-5-7-10-20/h12-13H,4-11H2,1-3H3,(H,17,18,19). The zero-order valence-corrected chi connectivity index (χ0v) is 13.6. The molecule has 2 rings (SSSR count). The minimum Gasteiger partial charge on any atom is -0.475 e. The highest BCUT2D eigenvalue weighted by Crippen LogP contribution is 2.13. The fraction of sp³-hybridized carbons (Fsp3) is 0.750. The average molecular weight is 292 g/mol. The van der Waals surface area contributed by atoms with E-state index in [1.807, 2.05) is 26.8 Å². The lowest BCUT2D eigenvalue weighted by Crippen LogP contribution is -2.30. The molecule has 2 heterocycles. The van der Waals surface area contributed by atoms with Crippen molar-refractivity contribution in [3.05, 3.63) is 11.8 Å². The molecule has 5 heteroatoms. The van der Waals surface area contributed by atoms with E-state index in [0.29, 0.717) is 11.8 Å². The number of likely N-dealkylation sites (tertiary alicyclic amines) is 1. The van der Waals surface area contributed by atoms with Crippen LogP contribution in [0.1, 0.15) is 45.2 Å². The Morgan fingerprint density at radius 3 is 2.57 bits per heavy atom. The Morgan fingerprint density at radius 1 is 1.19 bits per heavy atom. The maximum Gasteiger partial charge on any atom is 0.226 e. The smallest absolute Gasteiger partial charge is 0.226 e. The summed E-state index contributed by atoms with van der Waals surface area (Å²) in [5.74, 6) is 1.32. The van der Waals surface area contributed by atoms with E-state index < -0.39 is 0 Å². The van der Waals surface area contributed by atoms with Crippen LogP contribution in [0.4, 0.5) is 5.95 Å². The third-order valence-corrected chi connectivity index (χ3v) is 3.60. The Hall–Kier alpha value is -1.36. The first-order valence-corrected chi connectivity index (χ1v) is 8.12. The molecule has 0 amide bonds. The van der Waals surface area contributed by atoms with Crippen LogP contribution in [0, 0.1) is 6.92 Å². The molecule has 0 saturated carbocycles. The van der Waals surface area contributed by atoms with Crippen molar-refractivity contribution in [2.75, 3.05) is 31.5 Å². The van der Waals surface area contributed by atoms with Crippen molar-refractivity contribution in [2.24, 2.45) is 0 Å². The average Bonchev–Trinajstić information content (AvgIpc) is 2.66. The summed E-state index contributed by atoms with van der Waals surface area (Å²) in [4.78, 5) is 11.4. The van der Waals surface area contributed by atoms with Gasteiger partial charge in [-0.05, 0) is 46.7 Å². The minimum absolute atomic E-state index is 0.129. The molecule has 1 aliphatic rings. The Bertz CT molecular complexity index is 428. The highest BCUT2D eigenvalue weighted by molar-refractivity contribution is 5.30. The van der Waals surface area contributed by atoms with Crippen LogP contribution in [0.25, 0.3) is 0 Å². The highest BCUT2D eigenvalue weighted by atomic mass is 16.5. The summed E-state index contributed by atoms with van der Waals surface area (Å²) in [5.41, 5.74) is 0.929. The van der Waals surface area contributed by atoms with Crippen LogP contribution >= 0.6 is 0 Å². The van der Waals surface area contributed by atoms with E-state index >= 15 is 0 Å². The fourth-order valence-corrected chi connectivity index (χ4v) is 2.61. The van der Waals surface area contributed by atoms with Crippen molar-refractivity contribution in [1.29, 1.82) is 0 Å². The van der Waals surface area contributed by atoms with Crippen molar-refractivity contribution in [1.82, 2.24) is 14.9 Å². The maximum absolute atomic E-state index is 5.65. The number of hydrogen-bond acceptors (Lipinski definition) is 5. The monoisotopic (exact) mass is 292 g/mol. The van der Waals surface area contributed by atoms with E-state index in [-0.39, 0.29) is 6.10 Å². The largest absolute Gasteiger partial charge is 0.475 e. The van der Waals surface area contributed by atoms with Crippen LogP contribution in [-0.4, -0.2) is 47.2 Å². The van der Waals surface area contributed by atoms with Gasteiger partial charge in [0, 0.05) is 24.8 Å². The molecule has 0 unspecified atom stereocenters. The van der Waals surface area contributed by atoms with Crippen LogP contribution in [0.5, 0.6) is 5.88 Å². The Labute approximate surface area is 128 Å². The van der Waals surface area contributed by atoms with Crippen molar-refractivity contribution < 1.29 is 4.74 Å². The molecule has 1 aliphatic heterocycles. The normalized spacial score (nSPS) is 16.8.